The third kappa shape index (κ3) is 1.90. The van der Waals surface area contributed by atoms with Crippen LogP contribution in [0.1, 0.15) is 27.7 Å². The third-order valence-corrected chi connectivity index (χ3v) is 4.01. The summed E-state index contributed by atoms with van der Waals surface area (Å²) < 4.78 is 37.8. The molecule has 0 fully saturated rings. The Bertz CT molecular complexity index is 680. The van der Waals surface area contributed by atoms with Gasteiger partial charge in [0.15, 0.2) is 6.23 Å². The van der Waals surface area contributed by atoms with E-state index in [4.69, 9.17) is 0 Å². The summed E-state index contributed by atoms with van der Waals surface area (Å²) >= 11 is 0.777. The average molecular weight is 299 g/mol. The van der Waals surface area contributed by atoms with E-state index in [1.165, 1.54) is 0 Å². The summed E-state index contributed by atoms with van der Waals surface area (Å²) in [4.78, 5) is 13.1. The number of aliphatic hydroxyl groups excluding tert-OH is 1. The molecule has 0 saturated heterocycles. The summed E-state index contributed by atoms with van der Waals surface area (Å²) in [5.74, 6) is -0.497. The van der Waals surface area contributed by atoms with E-state index in [0.717, 1.165) is 27.7 Å². The van der Waals surface area contributed by atoms with Gasteiger partial charge in [-0.25, -0.2) is 0 Å². The molecular weight excluding hydrogens is 291 g/mol. The van der Waals surface area contributed by atoms with Gasteiger partial charge in [-0.2, -0.15) is 13.2 Å². The minimum Gasteiger partial charge on any atom is -0.369 e. The van der Waals surface area contributed by atoms with Gasteiger partial charge in [0.2, 0.25) is 0 Å². The van der Waals surface area contributed by atoms with Gasteiger partial charge in [-0.1, -0.05) is 18.2 Å². The van der Waals surface area contributed by atoms with E-state index in [2.05, 4.69) is 0 Å². The summed E-state index contributed by atoms with van der Waals surface area (Å²) in [6.07, 6.45) is -5.71. The SMILES string of the molecule is O=C1c2ccccc2C(O)N1c1cc(C(F)(F)F)cs1. The second-order valence-corrected chi connectivity index (χ2v) is 5.20. The molecule has 0 saturated carbocycles. The molecular formula is C13H8F3NO2S. The highest BCUT2D eigenvalue weighted by molar-refractivity contribution is 7.14. The van der Waals surface area contributed by atoms with Crippen molar-refractivity contribution < 1.29 is 23.1 Å². The maximum absolute atomic E-state index is 12.6. The molecule has 1 aromatic heterocycles. The highest BCUT2D eigenvalue weighted by Crippen LogP contribution is 2.41. The fourth-order valence-electron chi connectivity index (χ4n) is 2.12. The van der Waals surface area contributed by atoms with E-state index in [9.17, 15) is 23.1 Å². The van der Waals surface area contributed by atoms with E-state index in [0.29, 0.717) is 11.1 Å². The molecule has 0 radical (unpaired) electrons. The van der Waals surface area contributed by atoms with Gasteiger partial charge < -0.3 is 5.11 Å². The Morgan fingerprint density at radius 3 is 2.55 bits per heavy atom. The van der Waals surface area contributed by atoms with E-state index < -0.39 is 23.9 Å². The molecule has 1 unspecified atom stereocenters. The summed E-state index contributed by atoms with van der Waals surface area (Å²) in [5, 5.41) is 11.1. The van der Waals surface area contributed by atoms with Crippen molar-refractivity contribution in [3.05, 3.63) is 52.4 Å². The average Bonchev–Trinajstić information content (AvgIpc) is 2.95. The van der Waals surface area contributed by atoms with Crippen molar-refractivity contribution in [2.45, 2.75) is 12.4 Å². The lowest BCUT2D eigenvalue weighted by Gasteiger charge is -2.18. The van der Waals surface area contributed by atoms with Crippen molar-refractivity contribution in [2.75, 3.05) is 4.90 Å². The summed E-state index contributed by atoms with van der Waals surface area (Å²) in [7, 11) is 0. The molecule has 2 heterocycles. The Labute approximate surface area is 115 Å². The second kappa shape index (κ2) is 4.32. The van der Waals surface area contributed by atoms with E-state index in [-0.39, 0.29) is 5.00 Å². The van der Waals surface area contributed by atoms with Gasteiger partial charge >= 0.3 is 6.18 Å². The molecule has 3 nitrogen and oxygen atoms in total. The number of benzene rings is 1. The number of fused-ring (bicyclic) bond motifs is 1. The number of anilines is 1. The van der Waals surface area contributed by atoms with Gasteiger partial charge in [0, 0.05) is 16.5 Å². The molecule has 2 aromatic rings. The predicted octanol–water partition coefficient (Wildman–Crippen LogP) is 3.42. The highest BCUT2D eigenvalue weighted by atomic mass is 32.1. The standard InChI is InChI=1S/C13H8F3NO2S/c14-13(15,16)7-5-10(20-6-7)17-11(18)8-3-1-2-4-9(8)12(17)19/h1-6,11,18H. The van der Waals surface area contributed by atoms with Gasteiger partial charge in [-0.15, -0.1) is 11.3 Å². The first-order chi connectivity index (χ1) is 9.39. The molecule has 1 aliphatic heterocycles. The lowest BCUT2D eigenvalue weighted by atomic mass is 10.1. The number of amides is 1. The zero-order chi connectivity index (χ0) is 14.5. The van der Waals surface area contributed by atoms with Crippen molar-refractivity contribution >= 4 is 22.2 Å². The summed E-state index contributed by atoms with van der Waals surface area (Å²) in [5.41, 5.74) is -0.116. The van der Waals surface area contributed by atoms with Crippen LogP contribution in [0.3, 0.4) is 0 Å². The van der Waals surface area contributed by atoms with Crippen LogP contribution in [0.4, 0.5) is 18.2 Å². The maximum Gasteiger partial charge on any atom is 0.417 e. The molecule has 1 aromatic carbocycles. The lowest BCUT2D eigenvalue weighted by Crippen LogP contribution is -2.26. The van der Waals surface area contributed by atoms with E-state index in [1.807, 2.05) is 0 Å². The van der Waals surface area contributed by atoms with Gasteiger partial charge in [-0.05, 0) is 12.1 Å². The molecule has 0 aliphatic carbocycles. The lowest BCUT2D eigenvalue weighted by molar-refractivity contribution is -0.137. The number of carbonyl (C=O) groups is 1. The van der Waals surface area contributed by atoms with Gasteiger partial charge in [-0.3, -0.25) is 9.69 Å². The Balaban J connectivity index is 2.01. The van der Waals surface area contributed by atoms with Crippen LogP contribution in [0.5, 0.6) is 0 Å². The van der Waals surface area contributed by atoms with Crippen LogP contribution >= 0.6 is 11.3 Å². The number of thiophene rings is 1. The van der Waals surface area contributed by atoms with Crippen molar-refractivity contribution in [1.29, 1.82) is 0 Å². The van der Waals surface area contributed by atoms with Crippen molar-refractivity contribution in [3.63, 3.8) is 0 Å². The second-order valence-electron chi connectivity index (χ2n) is 4.31. The minimum atomic E-state index is -4.46. The first-order valence-corrected chi connectivity index (χ1v) is 6.54. The van der Waals surface area contributed by atoms with Crippen molar-refractivity contribution in [3.8, 4) is 0 Å². The quantitative estimate of drug-likeness (QED) is 0.876. The number of hydrogen-bond donors (Lipinski definition) is 1. The number of alkyl halides is 3. The normalized spacial score (nSPS) is 18.5. The van der Waals surface area contributed by atoms with Crippen LogP contribution in [-0.2, 0) is 6.18 Å². The molecule has 1 amide bonds. The van der Waals surface area contributed by atoms with Crippen LogP contribution in [0, 0.1) is 0 Å². The van der Waals surface area contributed by atoms with Gasteiger partial charge in [0.25, 0.3) is 5.91 Å². The van der Waals surface area contributed by atoms with Crippen LogP contribution in [0.25, 0.3) is 0 Å². The van der Waals surface area contributed by atoms with Crippen LogP contribution in [0.2, 0.25) is 0 Å². The van der Waals surface area contributed by atoms with Crippen molar-refractivity contribution in [1.82, 2.24) is 0 Å². The Morgan fingerprint density at radius 1 is 1.25 bits per heavy atom. The predicted molar refractivity (Wildman–Crippen MR) is 67.5 cm³/mol. The van der Waals surface area contributed by atoms with Crippen LogP contribution in [0.15, 0.2) is 35.7 Å². The fourth-order valence-corrected chi connectivity index (χ4v) is 3.06. The van der Waals surface area contributed by atoms with E-state index in [1.54, 1.807) is 24.3 Å². The number of aliphatic hydroxyl groups is 1. The minimum absolute atomic E-state index is 0.0750. The van der Waals surface area contributed by atoms with Crippen molar-refractivity contribution in [2.24, 2.45) is 0 Å². The topological polar surface area (TPSA) is 40.5 Å². The smallest absolute Gasteiger partial charge is 0.369 e. The number of nitrogens with zero attached hydrogens (tertiary/aromatic N) is 1. The Morgan fingerprint density at radius 2 is 1.95 bits per heavy atom. The molecule has 1 N–H and O–H groups in total. The molecule has 0 bridgehead atoms. The van der Waals surface area contributed by atoms with Crippen LogP contribution < -0.4 is 4.90 Å². The van der Waals surface area contributed by atoms with Gasteiger partial charge in [0.05, 0.1) is 5.56 Å². The molecule has 1 atom stereocenters. The number of hydrogen-bond acceptors (Lipinski definition) is 3. The fraction of sp³-hybridized carbons (Fsp3) is 0.154. The third-order valence-electron chi connectivity index (χ3n) is 3.08. The number of rotatable bonds is 1. The summed E-state index contributed by atoms with van der Waals surface area (Å²) in [6.45, 7) is 0. The van der Waals surface area contributed by atoms with E-state index >= 15 is 0 Å². The molecule has 0 spiro atoms. The number of halogens is 3. The molecule has 104 valence electrons. The Hall–Kier alpha value is -1.86. The molecule has 3 rings (SSSR count). The molecule has 20 heavy (non-hydrogen) atoms. The first-order valence-electron chi connectivity index (χ1n) is 5.66. The molecule has 1 aliphatic rings. The number of carbonyl (C=O) groups excluding carboxylic acids is 1. The van der Waals surface area contributed by atoms with Crippen LogP contribution in [-0.4, -0.2) is 11.0 Å². The highest BCUT2D eigenvalue weighted by Gasteiger charge is 2.39. The first kappa shape index (κ1) is 13.1. The summed E-state index contributed by atoms with van der Waals surface area (Å²) in [6, 6.07) is 7.30. The zero-order valence-corrected chi connectivity index (χ0v) is 10.7. The molecule has 7 heteroatoms. The maximum atomic E-state index is 12.6. The largest absolute Gasteiger partial charge is 0.417 e. The zero-order valence-electron chi connectivity index (χ0n) is 9.89. The monoisotopic (exact) mass is 299 g/mol. The Kier molecular flexibility index (Phi) is 2.84. The van der Waals surface area contributed by atoms with Gasteiger partial charge in [0.1, 0.15) is 5.00 Å².